The van der Waals surface area contributed by atoms with Crippen molar-refractivity contribution in [2.45, 2.75) is 75.5 Å². The third-order valence-corrected chi connectivity index (χ3v) is 10.4. The molecule has 2 nitrogen and oxygen atoms in total. The van der Waals surface area contributed by atoms with Gasteiger partial charge < -0.3 is 9.47 Å². The molecule has 0 aliphatic heterocycles. The summed E-state index contributed by atoms with van der Waals surface area (Å²) in [4.78, 5) is 0. The van der Waals surface area contributed by atoms with Gasteiger partial charge >= 0.3 is 0 Å². The van der Waals surface area contributed by atoms with Crippen LogP contribution in [0, 0.1) is 0 Å². The summed E-state index contributed by atoms with van der Waals surface area (Å²) in [5, 5.41) is 1.56. The molecule has 0 aromatic heterocycles. The molecule has 0 heterocycles. The van der Waals surface area contributed by atoms with Crippen LogP contribution in [0.5, 0.6) is 11.5 Å². The van der Waals surface area contributed by atoms with Crippen LogP contribution in [0.4, 0.5) is 0 Å². The van der Waals surface area contributed by atoms with Gasteiger partial charge in [-0.3, -0.25) is 0 Å². The van der Waals surface area contributed by atoms with Gasteiger partial charge in [-0.25, -0.2) is 0 Å². The van der Waals surface area contributed by atoms with Crippen LogP contribution in [0.15, 0.2) is 42.5 Å². The Hall–Kier alpha value is -0.868. The molecular weight excluding hydrogens is 482 g/mol. The molecule has 2 aromatic carbocycles. The van der Waals surface area contributed by atoms with Gasteiger partial charge in [0.1, 0.15) is 11.5 Å². The fourth-order valence-corrected chi connectivity index (χ4v) is 9.41. The number of hydrogen-bond acceptors (Lipinski definition) is 2. The van der Waals surface area contributed by atoms with Crippen molar-refractivity contribution in [3.05, 3.63) is 42.5 Å². The van der Waals surface area contributed by atoms with Crippen LogP contribution in [0.1, 0.15) is 64.2 Å². The molecule has 0 unspecified atom stereocenters. The average Bonchev–Trinajstić information content (AvgIpc) is 2.80. The average molecular weight is 517 g/mol. The fourth-order valence-electron chi connectivity index (χ4n) is 5.44. The van der Waals surface area contributed by atoms with Crippen LogP contribution < -0.4 is 14.8 Å². The van der Waals surface area contributed by atoms with Crippen LogP contribution in [0.2, 0.25) is 0 Å². The molecule has 0 atom stereocenters. The Kier molecular flexibility index (Phi) is 9.25. The van der Waals surface area contributed by atoms with E-state index in [0.29, 0.717) is 0 Å². The second-order valence-corrected chi connectivity index (χ2v) is 11.3. The van der Waals surface area contributed by atoms with Gasteiger partial charge in [-0.15, -0.1) is 0 Å². The van der Waals surface area contributed by atoms with Crippen molar-refractivity contribution in [3.8, 4) is 22.6 Å². The molecule has 0 bridgehead atoms. The largest absolute Gasteiger partial charge is 0.496 e. The summed E-state index contributed by atoms with van der Waals surface area (Å²) in [6.45, 7) is 0. The molecule has 0 radical (unpaired) electrons. The summed E-state index contributed by atoms with van der Waals surface area (Å²) in [7, 11) is 3.37. The first-order valence-corrected chi connectivity index (χ1v) is 12.9. The first-order chi connectivity index (χ1) is 14.3. The SMILES string of the molecule is COc1ccccc1-c1c(OC)cccc1P(C1CCCCC1)C1CCCCC1.[Pd]. The quantitative estimate of drug-likeness (QED) is 0.300. The van der Waals surface area contributed by atoms with E-state index in [0.717, 1.165) is 22.8 Å². The molecular formula is C26H35O2PPd. The molecule has 2 saturated carbocycles. The van der Waals surface area contributed by atoms with Crippen molar-refractivity contribution in [3.63, 3.8) is 0 Å². The van der Waals surface area contributed by atoms with Crippen molar-refractivity contribution in [2.24, 2.45) is 0 Å². The Bertz CT molecular complexity index is 779. The Morgan fingerprint density at radius 3 is 1.77 bits per heavy atom. The van der Waals surface area contributed by atoms with Gasteiger partial charge in [-0.2, -0.15) is 0 Å². The zero-order chi connectivity index (χ0) is 20.1. The summed E-state index contributed by atoms with van der Waals surface area (Å²) in [6.07, 6.45) is 14.1. The molecule has 0 N–H and O–H groups in total. The van der Waals surface area contributed by atoms with Crippen molar-refractivity contribution in [1.82, 2.24) is 0 Å². The second-order valence-electron chi connectivity index (χ2n) is 8.55. The number of rotatable bonds is 6. The van der Waals surface area contributed by atoms with Crippen molar-refractivity contribution >= 4 is 13.2 Å². The van der Waals surface area contributed by atoms with E-state index in [1.165, 1.54) is 75.3 Å². The zero-order valence-corrected chi connectivity index (χ0v) is 20.8. The topological polar surface area (TPSA) is 18.5 Å². The number of hydrogen-bond donors (Lipinski definition) is 0. The van der Waals surface area contributed by atoms with E-state index < -0.39 is 0 Å². The monoisotopic (exact) mass is 516 g/mol. The summed E-state index contributed by atoms with van der Waals surface area (Å²) >= 11 is 0. The van der Waals surface area contributed by atoms with Crippen molar-refractivity contribution in [1.29, 1.82) is 0 Å². The van der Waals surface area contributed by atoms with Gasteiger partial charge in [0.25, 0.3) is 0 Å². The Balaban J connectivity index is 0.00000256. The molecule has 2 fully saturated rings. The van der Waals surface area contributed by atoms with Gasteiger partial charge in [-0.05, 0) is 54.4 Å². The van der Waals surface area contributed by atoms with Crippen LogP contribution >= 0.6 is 7.92 Å². The first kappa shape index (κ1) is 23.8. The molecule has 30 heavy (non-hydrogen) atoms. The van der Waals surface area contributed by atoms with E-state index in [-0.39, 0.29) is 28.3 Å². The Morgan fingerprint density at radius 1 is 0.667 bits per heavy atom. The van der Waals surface area contributed by atoms with E-state index in [4.69, 9.17) is 9.47 Å². The maximum atomic E-state index is 5.92. The van der Waals surface area contributed by atoms with Gasteiger partial charge in [-0.1, -0.05) is 76.8 Å². The van der Waals surface area contributed by atoms with Gasteiger partial charge in [0, 0.05) is 31.5 Å². The van der Waals surface area contributed by atoms with Gasteiger partial charge in [0.05, 0.1) is 14.2 Å². The minimum atomic E-state index is -0.211. The smallest absolute Gasteiger partial charge is 0.127 e. The third kappa shape index (κ3) is 5.12. The molecule has 0 spiro atoms. The number of ether oxygens (including phenoxy) is 2. The molecule has 4 rings (SSSR count). The molecule has 0 amide bonds. The van der Waals surface area contributed by atoms with E-state index in [1.54, 1.807) is 12.4 Å². The van der Waals surface area contributed by atoms with E-state index in [9.17, 15) is 0 Å². The molecule has 166 valence electrons. The molecule has 2 aliphatic carbocycles. The van der Waals surface area contributed by atoms with E-state index in [1.807, 2.05) is 7.11 Å². The number of benzene rings is 2. The Labute approximate surface area is 197 Å². The summed E-state index contributed by atoms with van der Waals surface area (Å²) in [5.41, 5.74) is 4.20. The first-order valence-electron chi connectivity index (χ1n) is 11.4. The fraction of sp³-hybridized carbons (Fsp3) is 0.538. The molecule has 2 aromatic rings. The number of para-hydroxylation sites is 1. The predicted octanol–water partition coefficient (Wildman–Crippen LogP) is 7.14. The van der Waals surface area contributed by atoms with Crippen LogP contribution in [0.3, 0.4) is 0 Å². The maximum absolute atomic E-state index is 5.92. The zero-order valence-electron chi connectivity index (χ0n) is 18.3. The van der Waals surface area contributed by atoms with E-state index in [2.05, 4.69) is 42.5 Å². The van der Waals surface area contributed by atoms with Gasteiger partial charge in [0.15, 0.2) is 0 Å². The van der Waals surface area contributed by atoms with Crippen LogP contribution in [0.25, 0.3) is 11.1 Å². The minimum absolute atomic E-state index is 0. The van der Waals surface area contributed by atoms with E-state index >= 15 is 0 Å². The molecule has 2 aliphatic rings. The summed E-state index contributed by atoms with van der Waals surface area (Å²) < 4.78 is 11.7. The Morgan fingerprint density at radius 2 is 1.20 bits per heavy atom. The molecule has 4 heteroatoms. The van der Waals surface area contributed by atoms with Gasteiger partial charge in [0.2, 0.25) is 0 Å². The number of methoxy groups -OCH3 is 2. The predicted molar refractivity (Wildman–Crippen MR) is 125 cm³/mol. The van der Waals surface area contributed by atoms with Crippen molar-refractivity contribution < 1.29 is 29.9 Å². The van der Waals surface area contributed by atoms with Crippen LogP contribution in [-0.4, -0.2) is 25.5 Å². The minimum Gasteiger partial charge on any atom is -0.496 e. The summed E-state index contributed by atoms with van der Waals surface area (Å²) in [5.74, 6) is 1.94. The molecule has 0 saturated heterocycles. The summed E-state index contributed by atoms with van der Waals surface area (Å²) in [6, 6.07) is 15.2. The van der Waals surface area contributed by atoms with Crippen LogP contribution in [-0.2, 0) is 20.4 Å². The third-order valence-electron chi connectivity index (χ3n) is 6.81. The van der Waals surface area contributed by atoms with Crippen molar-refractivity contribution in [2.75, 3.05) is 14.2 Å². The standard InChI is InChI=1S/C26H35O2P.Pd/c1-27-23-17-10-9-16-22(23)26-24(28-2)18-11-19-25(26)29(20-12-5-3-6-13-20)21-14-7-4-8-15-21;/h9-11,16-21H,3-8,12-15H2,1-2H3;. The normalized spacial score (nSPS) is 18.1. The second kappa shape index (κ2) is 11.7. The maximum Gasteiger partial charge on any atom is 0.127 e.